The smallest absolute Gasteiger partial charge is 0.220 e. The monoisotopic (exact) mass is 455 g/mol. The van der Waals surface area contributed by atoms with Gasteiger partial charge in [-0.1, -0.05) is 79.6 Å². The molecule has 1 aromatic heterocycles. The first-order valence-corrected chi connectivity index (χ1v) is 12.8. The molecule has 4 nitrogen and oxygen atoms in total. The third kappa shape index (κ3) is 7.26. The van der Waals surface area contributed by atoms with Crippen molar-refractivity contribution >= 4 is 5.91 Å². The Morgan fingerprint density at radius 2 is 1.53 bits per heavy atom. The van der Waals surface area contributed by atoms with Crippen LogP contribution in [-0.2, 0) is 11.2 Å². The quantitative estimate of drug-likeness (QED) is 0.372. The fourth-order valence-electron chi connectivity index (χ4n) is 5.05. The topological polar surface area (TPSA) is 45.2 Å². The molecule has 1 saturated heterocycles. The van der Waals surface area contributed by atoms with Crippen LogP contribution in [0.2, 0.25) is 0 Å². The summed E-state index contributed by atoms with van der Waals surface area (Å²) in [7, 11) is 0. The van der Waals surface area contributed by atoms with Crippen molar-refractivity contribution in [1.29, 1.82) is 0 Å². The summed E-state index contributed by atoms with van der Waals surface area (Å²) in [6.07, 6.45) is 9.02. The molecule has 2 aromatic carbocycles. The molecule has 0 unspecified atom stereocenters. The van der Waals surface area contributed by atoms with Gasteiger partial charge in [-0.2, -0.15) is 0 Å². The summed E-state index contributed by atoms with van der Waals surface area (Å²) in [5, 5.41) is 3.07. The predicted octanol–water partition coefficient (Wildman–Crippen LogP) is 5.80. The Kier molecular flexibility index (Phi) is 9.27. The second-order valence-electron chi connectivity index (χ2n) is 9.37. The molecule has 1 amide bonds. The largest absolute Gasteiger partial charge is 0.356 e. The molecule has 0 atom stereocenters. The third-order valence-corrected chi connectivity index (χ3v) is 6.94. The van der Waals surface area contributed by atoms with Crippen molar-refractivity contribution in [3.63, 3.8) is 0 Å². The number of carbonyl (C=O) groups is 1. The highest BCUT2D eigenvalue weighted by atomic mass is 16.1. The van der Waals surface area contributed by atoms with E-state index in [4.69, 9.17) is 0 Å². The second-order valence-corrected chi connectivity index (χ2v) is 9.37. The first-order chi connectivity index (χ1) is 16.8. The van der Waals surface area contributed by atoms with Gasteiger partial charge in [0.2, 0.25) is 5.91 Å². The normalized spacial score (nSPS) is 14.9. The highest BCUT2D eigenvalue weighted by Crippen LogP contribution is 2.33. The van der Waals surface area contributed by atoms with Crippen molar-refractivity contribution in [2.24, 2.45) is 5.92 Å². The van der Waals surface area contributed by atoms with Crippen LogP contribution in [0.3, 0.4) is 0 Å². The summed E-state index contributed by atoms with van der Waals surface area (Å²) in [4.78, 5) is 19.0. The molecule has 1 fully saturated rings. The molecule has 178 valence electrons. The van der Waals surface area contributed by atoms with E-state index in [1.54, 1.807) is 6.20 Å². The van der Waals surface area contributed by atoms with Gasteiger partial charge in [-0.3, -0.25) is 14.7 Å². The Hall–Kier alpha value is -2.98. The van der Waals surface area contributed by atoms with Crippen LogP contribution < -0.4 is 5.32 Å². The standard InChI is InChI=1S/C30H37N3O/c34-29(18-17-28-16-8-10-21-31-28)32-22-9-7-11-25-19-23-33(24-20-25)30(26-12-3-1-4-13-26)27-14-5-2-6-15-27/h1-6,8,10,12-16,21,25,30H,7,9,11,17-20,22-24H2,(H,32,34). The predicted molar refractivity (Wildman–Crippen MR) is 138 cm³/mol. The van der Waals surface area contributed by atoms with Crippen LogP contribution in [0.15, 0.2) is 85.1 Å². The zero-order valence-corrected chi connectivity index (χ0v) is 20.1. The average molecular weight is 456 g/mol. The molecule has 1 aliphatic heterocycles. The van der Waals surface area contributed by atoms with Gasteiger partial charge in [-0.15, -0.1) is 0 Å². The number of aryl methyl sites for hydroxylation is 1. The van der Waals surface area contributed by atoms with E-state index >= 15 is 0 Å². The van der Waals surface area contributed by atoms with Crippen molar-refractivity contribution in [2.45, 2.75) is 51.0 Å². The van der Waals surface area contributed by atoms with E-state index in [1.807, 2.05) is 18.2 Å². The molecule has 0 bridgehead atoms. The summed E-state index contributed by atoms with van der Waals surface area (Å²) in [5.41, 5.74) is 3.74. The van der Waals surface area contributed by atoms with E-state index in [2.05, 4.69) is 75.9 Å². The number of aromatic nitrogens is 1. The molecule has 4 heteroatoms. The lowest BCUT2D eigenvalue weighted by Gasteiger charge is -2.38. The van der Waals surface area contributed by atoms with Crippen LogP contribution in [0.25, 0.3) is 0 Å². The molecule has 0 saturated carbocycles. The number of amides is 1. The minimum atomic E-state index is 0.131. The fraction of sp³-hybridized carbons (Fsp3) is 0.400. The first-order valence-electron chi connectivity index (χ1n) is 12.8. The summed E-state index contributed by atoms with van der Waals surface area (Å²) in [5.74, 6) is 0.926. The van der Waals surface area contributed by atoms with Gasteiger partial charge in [0.05, 0.1) is 6.04 Å². The molecule has 0 radical (unpaired) electrons. The van der Waals surface area contributed by atoms with Crippen molar-refractivity contribution in [1.82, 2.24) is 15.2 Å². The Balaban J connectivity index is 1.16. The van der Waals surface area contributed by atoms with Gasteiger partial charge in [0.25, 0.3) is 0 Å². The van der Waals surface area contributed by atoms with Gasteiger partial charge in [0.1, 0.15) is 0 Å². The number of nitrogens with zero attached hydrogens (tertiary/aromatic N) is 2. The van der Waals surface area contributed by atoms with E-state index in [1.165, 1.54) is 36.8 Å². The first kappa shape index (κ1) is 24.2. The van der Waals surface area contributed by atoms with Gasteiger partial charge in [-0.25, -0.2) is 0 Å². The second kappa shape index (κ2) is 13.0. The molecule has 34 heavy (non-hydrogen) atoms. The summed E-state index contributed by atoms with van der Waals surface area (Å²) in [6, 6.07) is 28.0. The Bertz CT molecular complexity index is 930. The number of hydrogen-bond donors (Lipinski definition) is 1. The molecule has 0 spiro atoms. The SMILES string of the molecule is O=C(CCc1ccccn1)NCCCCC1CCN(C(c2ccccc2)c2ccccc2)CC1. The molecule has 4 rings (SSSR count). The minimum Gasteiger partial charge on any atom is -0.356 e. The van der Waals surface area contributed by atoms with E-state index in [0.29, 0.717) is 18.9 Å². The molecule has 1 N–H and O–H groups in total. The number of benzene rings is 2. The zero-order valence-electron chi connectivity index (χ0n) is 20.1. The van der Waals surface area contributed by atoms with Crippen LogP contribution in [0.1, 0.15) is 61.4 Å². The number of hydrogen-bond acceptors (Lipinski definition) is 3. The molecule has 0 aliphatic carbocycles. The fourth-order valence-corrected chi connectivity index (χ4v) is 5.05. The lowest BCUT2D eigenvalue weighted by atomic mass is 9.88. The van der Waals surface area contributed by atoms with Crippen LogP contribution in [-0.4, -0.2) is 35.4 Å². The molecule has 3 aromatic rings. The van der Waals surface area contributed by atoms with Crippen molar-refractivity contribution in [3.05, 3.63) is 102 Å². The van der Waals surface area contributed by atoms with Crippen molar-refractivity contribution < 1.29 is 4.79 Å². The number of carbonyl (C=O) groups excluding carboxylic acids is 1. The maximum absolute atomic E-state index is 12.1. The van der Waals surface area contributed by atoms with Gasteiger partial charge in [0.15, 0.2) is 0 Å². The highest BCUT2D eigenvalue weighted by molar-refractivity contribution is 5.76. The number of pyridine rings is 1. The Labute approximate surface area is 204 Å². The maximum atomic E-state index is 12.1. The van der Waals surface area contributed by atoms with E-state index in [9.17, 15) is 4.79 Å². The molecular formula is C30H37N3O. The molecule has 1 aliphatic rings. The number of nitrogens with one attached hydrogen (secondary N) is 1. The number of likely N-dealkylation sites (tertiary alicyclic amines) is 1. The van der Waals surface area contributed by atoms with E-state index in [0.717, 1.165) is 37.7 Å². The Morgan fingerprint density at radius 1 is 0.882 bits per heavy atom. The lowest BCUT2D eigenvalue weighted by Crippen LogP contribution is -2.37. The zero-order chi connectivity index (χ0) is 23.4. The van der Waals surface area contributed by atoms with Gasteiger partial charge in [-0.05, 0) is 68.0 Å². The number of piperidine rings is 1. The Morgan fingerprint density at radius 3 is 2.15 bits per heavy atom. The van der Waals surface area contributed by atoms with Gasteiger partial charge in [0, 0.05) is 24.9 Å². The summed E-state index contributed by atoms with van der Waals surface area (Å²) >= 11 is 0. The van der Waals surface area contributed by atoms with Gasteiger partial charge >= 0.3 is 0 Å². The van der Waals surface area contributed by atoms with E-state index < -0.39 is 0 Å². The molecular weight excluding hydrogens is 418 g/mol. The minimum absolute atomic E-state index is 0.131. The van der Waals surface area contributed by atoms with E-state index in [-0.39, 0.29) is 5.91 Å². The third-order valence-electron chi connectivity index (χ3n) is 6.94. The van der Waals surface area contributed by atoms with Crippen LogP contribution >= 0.6 is 0 Å². The maximum Gasteiger partial charge on any atom is 0.220 e. The number of unbranched alkanes of at least 4 members (excludes halogenated alkanes) is 1. The van der Waals surface area contributed by atoms with Crippen molar-refractivity contribution in [2.75, 3.05) is 19.6 Å². The average Bonchev–Trinajstić information content (AvgIpc) is 2.90. The summed E-state index contributed by atoms with van der Waals surface area (Å²) < 4.78 is 0. The molecule has 2 heterocycles. The summed E-state index contributed by atoms with van der Waals surface area (Å²) in [6.45, 7) is 3.07. The number of rotatable bonds is 11. The van der Waals surface area contributed by atoms with Crippen LogP contribution in [0.4, 0.5) is 0 Å². The highest BCUT2D eigenvalue weighted by Gasteiger charge is 2.27. The van der Waals surface area contributed by atoms with Crippen molar-refractivity contribution in [3.8, 4) is 0 Å². The van der Waals surface area contributed by atoms with Gasteiger partial charge < -0.3 is 5.32 Å². The van der Waals surface area contributed by atoms with Crippen LogP contribution in [0.5, 0.6) is 0 Å². The lowest BCUT2D eigenvalue weighted by molar-refractivity contribution is -0.121. The van der Waals surface area contributed by atoms with Crippen LogP contribution in [0, 0.1) is 5.92 Å².